The molecule has 0 aromatic carbocycles. The van der Waals surface area contributed by atoms with Crippen molar-refractivity contribution >= 4 is 43.7 Å². The molecule has 0 bridgehead atoms. The quantitative estimate of drug-likeness (QED) is 0.304. The van der Waals surface area contributed by atoms with E-state index in [0.717, 1.165) is 12.2 Å². The molecule has 0 rings (SSSR count). The lowest BCUT2D eigenvalue weighted by atomic mass is 9.96. The second-order valence-corrected chi connectivity index (χ2v) is 5.11. The molecule has 0 aliphatic heterocycles. The Morgan fingerprint density at radius 3 is 1.33 bits per heavy atom. The first-order chi connectivity index (χ1) is 11.1. The van der Waals surface area contributed by atoms with Crippen molar-refractivity contribution in [1.82, 2.24) is 10.6 Å². The fraction of sp³-hybridized carbons (Fsp3) is 0.286. The van der Waals surface area contributed by atoms with E-state index in [1.165, 1.54) is 0 Å². The zero-order valence-electron chi connectivity index (χ0n) is 12.2. The topological polar surface area (TPSA) is 58.2 Å². The third kappa shape index (κ3) is 5.30. The summed E-state index contributed by atoms with van der Waals surface area (Å²) in [6, 6.07) is 0. The standard InChI is InChI=1S/C14H14Br2F4N2O2/c1-3-5-21-11(23)13(17,18)9(7-15)10(8-16)14(19,20)12(24)22-6-4-2/h3-4,7-8H,1-2,5-6H2,(H,21,23)(H,22,24)/b9-7-,10-8-. The fourth-order valence-electron chi connectivity index (χ4n) is 1.39. The Kier molecular flexibility index (Phi) is 9.20. The number of nitrogens with one attached hydrogen (secondary N) is 2. The Morgan fingerprint density at radius 2 is 1.12 bits per heavy atom. The van der Waals surface area contributed by atoms with Gasteiger partial charge in [0, 0.05) is 24.2 Å². The number of amides is 2. The molecule has 2 amide bonds. The minimum atomic E-state index is -4.33. The number of halogens is 6. The Bertz CT molecular complexity index is 525. The van der Waals surface area contributed by atoms with Crippen LogP contribution < -0.4 is 10.6 Å². The molecule has 0 aromatic heterocycles. The van der Waals surface area contributed by atoms with E-state index in [9.17, 15) is 27.2 Å². The second kappa shape index (κ2) is 9.77. The molecule has 0 saturated carbocycles. The highest BCUT2D eigenvalue weighted by Crippen LogP contribution is 2.40. The molecule has 2 N–H and O–H groups in total. The van der Waals surface area contributed by atoms with Gasteiger partial charge in [-0.25, -0.2) is 0 Å². The third-order valence-electron chi connectivity index (χ3n) is 2.57. The van der Waals surface area contributed by atoms with Crippen LogP contribution in [0.1, 0.15) is 0 Å². The third-order valence-corrected chi connectivity index (χ3v) is 3.48. The predicted molar refractivity (Wildman–Crippen MR) is 90.3 cm³/mol. The zero-order valence-corrected chi connectivity index (χ0v) is 15.4. The van der Waals surface area contributed by atoms with E-state index < -0.39 is 34.8 Å². The SMILES string of the molecule is C=CCNC(=O)C(F)(F)C(=C\Br)/C(=C/Br)C(F)(F)C(=O)NCC=C. The van der Waals surface area contributed by atoms with E-state index in [1.54, 1.807) is 0 Å². The van der Waals surface area contributed by atoms with Gasteiger partial charge in [0.25, 0.3) is 11.8 Å². The van der Waals surface area contributed by atoms with Gasteiger partial charge >= 0.3 is 11.8 Å². The molecule has 0 heterocycles. The van der Waals surface area contributed by atoms with Gasteiger partial charge in [0.15, 0.2) is 0 Å². The van der Waals surface area contributed by atoms with Gasteiger partial charge in [0.05, 0.1) is 0 Å². The molecule has 0 spiro atoms. The number of carbonyl (C=O) groups excluding carboxylic acids is 2. The van der Waals surface area contributed by atoms with E-state index in [-0.39, 0.29) is 13.1 Å². The molecule has 0 unspecified atom stereocenters. The van der Waals surface area contributed by atoms with Gasteiger partial charge in [-0.05, 0) is 9.97 Å². The normalized spacial score (nSPS) is 13.2. The molecular weight excluding hydrogens is 464 g/mol. The first-order valence-electron chi connectivity index (χ1n) is 6.27. The van der Waals surface area contributed by atoms with Gasteiger partial charge < -0.3 is 10.6 Å². The predicted octanol–water partition coefficient (Wildman–Crippen LogP) is 3.42. The molecule has 0 fully saturated rings. The minimum Gasteiger partial charge on any atom is -0.347 e. The van der Waals surface area contributed by atoms with Crippen molar-refractivity contribution in [3.05, 3.63) is 46.4 Å². The van der Waals surface area contributed by atoms with Crippen molar-refractivity contribution in [3.63, 3.8) is 0 Å². The van der Waals surface area contributed by atoms with Crippen LogP contribution in [0.4, 0.5) is 17.6 Å². The summed E-state index contributed by atoms with van der Waals surface area (Å²) in [5.41, 5.74) is -2.75. The van der Waals surface area contributed by atoms with Crippen LogP contribution in [0.3, 0.4) is 0 Å². The summed E-state index contributed by atoms with van der Waals surface area (Å²) in [7, 11) is 0. The van der Waals surface area contributed by atoms with Crippen molar-refractivity contribution in [2.45, 2.75) is 11.8 Å². The number of carbonyl (C=O) groups is 2. The maximum atomic E-state index is 14.2. The number of hydrogen-bond acceptors (Lipinski definition) is 2. The molecule has 4 nitrogen and oxygen atoms in total. The molecule has 10 heteroatoms. The summed E-state index contributed by atoms with van der Waals surface area (Å²) < 4.78 is 56.8. The summed E-state index contributed by atoms with van der Waals surface area (Å²) in [5.74, 6) is -12.3. The van der Waals surface area contributed by atoms with Crippen molar-refractivity contribution in [1.29, 1.82) is 0 Å². The first kappa shape index (κ1) is 22.6. The Morgan fingerprint density at radius 1 is 0.833 bits per heavy atom. The molecule has 0 atom stereocenters. The highest BCUT2D eigenvalue weighted by molar-refractivity contribution is 9.11. The fourth-order valence-corrected chi connectivity index (χ4v) is 2.46. The molecule has 0 aromatic rings. The van der Waals surface area contributed by atoms with E-state index in [2.05, 4.69) is 45.0 Å². The molecule has 0 aliphatic rings. The van der Waals surface area contributed by atoms with Crippen molar-refractivity contribution in [2.75, 3.05) is 13.1 Å². The summed E-state index contributed by atoms with van der Waals surface area (Å²) in [6.07, 6.45) is 2.29. The maximum absolute atomic E-state index is 14.2. The monoisotopic (exact) mass is 476 g/mol. The van der Waals surface area contributed by atoms with Crippen LogP contribution in [0.25, 0.3) is 0 Å². The van der Waals surface area contributed by atoms with E-state index in [0.29, 0.717) is 9.97 Å². The zero-order chi connectivity index (χ0) is 19.0. The van der Waals surface area contributed by atoms with Crippen LogP contribution >= 0.6 is 31.9 Å². The molecular formula is C14H14Br2F4N2O2. The Balaban J connectivity index is 5.76. The van der Waals surface area contributed by atoms with Gasteiger partial charge in [0.1, 0.15) is 0 Å². The number of hydrogen-bond donors (Lipinski definition) is 2. The minimum absolute atomic E-state index is 0.284. The van der Waals surface area contributed by atoms with E-state index >= 15 is 0 Å². The highest BCUT2D eigenvalue weighted by atomic mass is 79.9. The molecule has 134 valence electrons. The average molecular weight is 478 g/mol. The summed E-state index contributed by atoms with van der Waals surface area (Å²) in [5, 5.41) is 3.62. The average Bonchev–Trinajstić information content (AvgIpc) is 2.54. The highest BCUT2D eigenvalue weighted by Gasteiger charge is 2.53. The van der Waals surface area contributed by atoms with Crippen LogP contribution in [-0.2, 0) is 9.59 Å². The van der Waals surface area contributed by atoms with Gasteiger partial charge in [-0.1, -0.05) is 44.0 Å². The van der Waals surface area contributed by atoms with Crippen molar-refractivity contribution < 1.29 is 27.2 Å². The molecule has 0 radical (unpaired) electrons. The lowest BCUT2D eigenvalue weighted by molar-refractivity contribution is -0.143. The van der Waals surface area contributed by atoms with Gasteiger partial charge in [-0.15, -0.1) is 13.2 Å². The maximum Gasteiger partial charge on any atom is 0.350 e. The van der Waals surface area contributed by atoms with Gasteiger partial charge in [-0.2, -0.15) is 17.6 Å². The summed E-state index contributed by atoms with van der Waals surface area (Å²) >= 11 is 5.08. The van der Waals surface area contributed by atoms with Crippen LogP contribution in [0.15, 0.2) is 46.4 Å². The Hall–Kier alpha value is -1.42. The van der Waals surface area contributed by atoms with Gasteiger partial charge in [0.2, 0.25) is 0 Å². The summed E-state index contributed by atoms with van der Waals surface area (Å²) in [6.45, 7) is 5.91. The molecule has 0 saturated heterocycles. The lowest BCUT2D eigenvalue weighted by Crippen LogP contribution is -2.47. The van der Waals surface area contributed by atoms with Crippen molar-refractivity contribution in [2.24, 2.45) is 0 Å². The van der Waals surface area contributed by atoms with Crippen LogP contribution in [0, 0.1) is 0 Å². The number of alkyl halides is 4. The Labute approximate surface area is 153 Å². The molecule has 24 heavy (non-hydrogen) atoms. The smallest absolute Gasteiger partial charge is 0.347 e. The first-order valence-corrected chi connectivity index (χ1v) is 8.10. The second-order valence-electron chi connectivity index (χ2n) is 4.19. The summed E-state index contributed by atoms with van der Waals surface area (Å²) in [4.78, 5) is 24.0. The van der Waals surface area contributed by atoms with E-state index in [1.807, 2.05) is 10.6 Å². The lowest BCUT2D eigenvalue weighted by Gasteiger charge is -2.25. The van der Waals surface area contributed by atoms with E-state index in [4.69, 9.17) is 0 Å². The number of rotatable bonds is 9. The molecule has 0 aliphatic carbocycles. The van der Waals surface area contributed by atoms with Crippen LogP contribution in [0.2, 0.25) is 0 Å². The van der Waals surface area contributed by atoms with Crippen molar-refractivity contribution in [3.8, 4) is 0 Å². The van der Waals surface area contributed by atoms with Gasteiger partial charge in [-0.3, -0.25) is 9.59 Å². The van der Waals surface area contributed by atoms with Crippen LogP contribution in [0.5, 0.6) is 0 Å². The van der Waals surface area contributed by atoms with Crippen LogP contribution in [-0.4, -0.2) is 36.7 Å². The largest absolute Gasteiger partial charge is 0.350 e.